The molecular weight excluding hydrogens is 270 g/mol. The minimum Gasteiger partial charge on any atom is -0.469 e. The molecule has 20 heavy (non-hydrogen) atoms. The number of esters is 1. The van der Waals surface area contributed by atoms with Crippen molar-refractivity contribution in [3.05, 3.63) is 52.7 Å². The molecular formula is C16H19NO2S. The molecule has 1 aromatic heterocycles. The minimum atomic E-state index is -0.657. The van der Waals surface area contributed by atoms with E-state index in [1.165, 1.54) is 7.11 Å². The maximum Gasteiger partial charge on any atom is 0.313 e. The predicted molar refractivity (Wildman–Crippen MR) is 82.9 cm³/mol. The summed E-state index contributed by atoms with van der Waals surface area (Å²) in [6.45, 7) is 3.80. The largest absolute Gasteiger partial charge is 0.469 e. The van der Waals surface area contributed by atoms with E-state index in [0.29, 0.717) is 0 Å². The first-order chi connectivity index (χ1) is 9.55. The molecule has 0 spiro atoms. The average Bonchev–Trinajstić information content (AvgIpc) is 2.98. The Kier molecular flexibility index (Phi) is 4.45. The Balaban J connectivity index is 2.33. The van der Waals surface area contributed by atoms with Gasteiger partial charge in [-0.15, -0.1) is 11.3 Å². The first kappa shape index (κ1) is 14.6. The van der Waals surface area contributed by atoms with Crippen molar-refractivity contribution < 1.29 is 9.53 Å². The number of carbonyl (C=O) groups excluding carboxylic acids is 1. The van der Waals surface area contributed by atoms with Crippen molar-refractivity contribution in [2.45, 2.75) is 19.9 Å². The molecule has 106 valence electrons. The highest BCUT2D eigenvalue weighted by Gasteiger charge is 2.39. The topological polar surface area (TPSA) is 38.3 Å². The van der Waals surface area contributed by atoms with Gasteiger partial charge in [0.15, 0.2) is 0 Å². The first-order valence-electron chi connectivity index (χ1n) is 6.49. The lowest BCUT2D eigenvalue weighted by Crippen LogP contribution is -2.36. The standard InChI is InChI=1S/C16H19NO2S/c1-16(2,15(18)19-3)14(13-10-7-11-20-13)17-12-8-5-4-6-9-12/h4-11,14,17H,1-3H3/t14-/m1/s1. The molecule has 4 heteroatoms. The third kappa shape index (κ3) is 3.02. The number of rotatable bonds is 5. The van der Waals surface area contributed by atoms with E-state index in [9.17, 15) is 4.79 Å². The summed E-state index contributed by atoms with van der Waals surface area (Å²) < 4.78 is 4.96. The number of hydrogen-bond acceptors (Lipinski definition) is 4. The third-order valence-electron chi connectivity index (χ3n) is 3.35. The van der Waals surface area contributed by atoms with Crippen LogP contribution in [-0.4, -0.2) is 13.1 Å². The van der Waals surface area contributed by atoms with Crippen LogP contribution in [0.4, 0.5) is 5.69 Å². The summed E-state index contributed by atoms with van der Waals surface area (Å²) in [5.74, 6) is -0.223. The number of nitrogens with one attached hydrogen (secondary N) is 1. The predicted octanol–water partition coefficient (Wildman–Crippen LogP) is 4.10. The normalized spacial score (nSPS) is 12.8. The van der Waals surface area contributed by atoms with Crippen LogP contribution in [0.5, 0.6) is 0 Å². The van der Waals surface area contributed by atoms with Gasteiger partial charge in [-0.2, -0.15) is 0 Å². The summed E-state index contributed by atoms with van der Waals surface area (Å²) in [4.78, 5) is 13.2. The zero-order valence-electron chi connectivity index (χ0n) is 11.9. The maximum atomic E-state index is 12.1. The van der Waals surface area contributed by atoms with Crippen LogP contribution in [-0.2, 0) is 9.53 Å². The highest BCUT2D eigenvalue weighted by molar-refractivity contribution is 7.10. The van der Waals surface area contributed by atoms with Crippen molar-refractivity contribution in [3.8, 4) is 0 Å². The van der Waals surface area contributed by atoms with Crippen molar-refractivity contribution in [2.24, 2.45) is 5.41 Å². The number of hydrogen-bond donors (Lipinski definition) is 1. The van der Waals surface area contributed by atoms with Gasteiger partial charge in [0.1, 0.15) is 0 Å². The van der Waals surface area contributed by atoms with Crippen LogP contribution in [0.3, 0.4) is 0 Å². The minimum absolute atomic E-state index is 0.127. The number of para-hydroxylation sites is 1. The number of anilines is 1. The fourth-order valence-corrected chi connectivity index (χ4v) is 3.11. The van der Waals surface area contributed by atoms with Crippen molar-refractivity contribution in [1.29, 1.82) is 0 Å². The van der Waals surface area contributed by atoms with Gasteiger partial charge >= 0.3 is 5.97 Å². The van der Waals surface area contributed by atoms with Crippen molar-refractivity contribution in [1.82, 2.24) is 0 Å². The van der Waals surface area contributed by atoms with Crippen LogP contribution in [0, 0.1) is 5.41 Å². The van der Waals surface area contributed by atoms with Gasteiger partial charge in [-0.05, 0) is 37.4 Å². The molecule has 2 rings (SSSR count). The molecule has 2 aromatic rings. The maximum absolute atomic E-state index is 12.1. The lowest BCUT2D eigenvalue weighted by Gasteiger charge is -2.32. The van der Waals surface area contributed by atoms with E-state index in [-0.39, 0.29) is 12.0 Å². The molecule has 0 amide bonds. The summed E-state index contributed by atoms with van der Waals surface area (Å²) in [6.07, 6.45) is 0. The molecule has 1 atom stereocenters. The number of carbonyl (C=O) groups is 1. The zero-order valence-corrected chi connectivity index (χ0v) is 12.7. The summed E-state index contributed by atoms with van der Waals surface area (Å²) in [7, 11) is 1.43. The van der Waals surface area contributed by atoms with E-state index in [1.807, 2.05) is 61.7 Å². The molecule has 0 fully saturated rings. The highest BCUT2D eigenvalue weighted by atomic mass is 32.1. The van der Waals surface area contributed by atoms with E-state index in [4.69, 9.17) is 4.74 Å². The van der Waals surface area contributed by atoms with Gasteiger partial charge in [0.2, 0.25) is 0 Å². The second-order valence-corrected chi connectivity index (χ2v) is 6.15. The average molecular weight is 289 g/mol. The van der Waals surface area contributed by atoms with Crippen LogP contribution in [0.2, 0.25) is 0 Å². The van der Waals surface area contributed by atoms with E-state index >= 15 is 0 Å². The Hall–Kier alpha value is -1.81. The van der Waals surface area contributed by atoms with Gasteiger partial charge in [-0.1, -0.05) is 24.3 Å². The van der Waals surface area contributed by atoms with Crippen LogP contribution in [0.1, 0.15) is 24.8 Å². The quantitative estimate of drug-likeness (QED) is 0.842. The van der Waals surface area contributed by atoms with Crippen LogP contribution in [0.15, 0.2) is 47.8 Å². The highest BCUT2D eigenvalue weighted by Crippen LogP contribution is 2.39. The zero-order chi connectivity index (χ0) is 14.6. The molecule has 1 N–H and O–H groups in total. The molecule has 0 radical (unpaired) electrons. The molecule has 0 unspecified atom stereocenters. The third-order valence-corrected chi connectivity index (χ3v) is 4.28. The Labute approximate surface area is 123 Å². The fraction of sp³-hybridized carbons (Fsp3) is 0.312. The lowest BCUT2D eigenvalue weighted by atomic mass is 9.83. The number of ether oxygens (including phenoxy) is 1. The van der Waals surface area contributed by atoms with Crippen molar-refractivity contribution in [2.75, 3.05) is 12.4 Å². The van der Waals surface area contributed by atoms with Gasteiger partial charge < -0.3 is 10.1 Å². The Morgan fingerprint density at radius 1 is 1.20 bits per heavy atom. The monoisotopic (exact) mass is 289 g/mol. The Morgan fingerprint density at radius 2 is 1.90 bits per heavy atom. The van der Waals surface area contributed by atoms with Crippen molar-refractivity contribution in [3.63, 3.8) is 0 Å². The van der Waals surface area contributed by atoms with Crippen LogP contribution in [0.25, 0.3) is 0 Å². The van der Waals surface area contributed by atoms with Gasteiger partial charge in [0.25, 0.3) is 0 Å². The molecule has 0 aliphatic carbocycles. The first-order valence-corrected chi connectivity index (χ1v) is 7.37. The number of methoxy groups -OCH3 is 1. The molecule has 3 nitrogen and oxygen atoms in total. The molecule has 0 bridgehead atoms. The van der Waals surface area contributed by atoms with Gasteiger partial charge in [0.05, 0.1) is 18.6 Å². The SMILES string of the molecule is COC(=O)C(C)(C)[C@H](Nc1ccccc1)c1cccs1. The fourth-order valence-electron chi connectivity index (χ4n) is 2.14. The smallest absolute Gasteiger partial charge is 0.313 e. The molecule has 0 aliphatic rings. The van der Waals surface area contributed by atoms with Crippen LogP contribution >= 0.6 is 11.3 Å². The molecule has 0 saturated heterocycles. The van der Waals surface area contributed by atoms with E-state index < -0.39 is 5.41 Å². The van der Waals surface area contributed by atoms with Gasteiger partial charge in [-0.25, -0.2) is 0 Å². The summed E-state index contributed by atoms with van der Waals surface area (Å²) in [6, 6.07) is 13.8. The number of thiophene rings is 1. The van der Waals surface area contributed by atoms with E-state index in [0.717, 1.165) is 10.6 Å². The summed E-state index contributed by atoms with van der Waals surface area (Å²) in [5.41, 5.74) is 0.331. The van der Waals surface area contributed by atoms with E-state index in [2.05, 4.69) is 5.32 Å². The molecule has 0 saturated carbocycles. The second kappa shape index (κ2) is 6.09. The van der Waals surface area contributed by atoms with E-state index in [1.54, 1.807) is 11.3 Å². The molecule has 0 aliphatic heterocycles. The number of benzene rings is 1. The second-order valence-electron chi connectivity index (χ2n) is 5.17. The molecule has 1 heterocycles. The molecule has 1 aromatic carbocycles. The van der Waals surface area contributed by atoms with Crippen molar-refractivity contribution >= 4 is 23.0 Å². The Bertz CT molecular complexity index is 549. The lowest BCUT2D eigenvalue weighted by molar-refractivity contribution is -0.151. The Morgan fingerprint density at radius 3 is 2.45 bits per heavy atom. The van der Waals surface area contributed by atoms with Crippen LogP contribution < -0.4 is 5.32 Å². The summed E-state index contributed by atoms with van der Waals surface area (Å²) >= 11 is 1.63. The van der Waals surface area contributed by atoms with Gasteiger partial charge in [0, 0.05) is 10.6 Å². The summed E-state index contributed by atoms with van der Waals surface area (Å²) in [5, 5.41) is 5.46. The van der Waals surface area contributed by atoms with Gasteiger partial charge in [-0.3, -0.25) is 4.79 Å².